The summed E-state index contributed by atoms with van der Waals surface area (Å²) in [5, 5.41) is 22.8. The predicted octanol–water partition coefficient (Wildman–Crippen LogP) is 2.01. The molecule has 8 nitrogen and oxygen atoms in total. The zero-order valence-corrected chi connectivity index (χ0v) is 19.2. The van der Waals surface area contributed by atoms with E-state index in [9.17, 15) is 24.4 Å². The lowest BCUT2D eigenvalue weighted by Crippen LogP contribution is -2.69. The van der Waals surface area contributed by atoms with E-state index in [1.54, 1.807) is 20.8 Å². The number of carbonyl (C=O) groups excluding carboxylic acids is 2. The molecule has 3 saturated carbocycles. The SMILES string of the molecule is C[C@H]1C[C@H]2[C@@H]3CCC4=CC(=O)C=C[C@]4(C)[C@@]3(F)[C@H](O)C[C@]2(C)[C@@]1(O)C(=O)COP(=O)(O)O. The number of phosphoric acid groups is 1. The molecule has 4 aliphatic carbocycles. The number of halogens is 1. The molecule has 4 aliphatic rings. The van der Waals surface area contributed by atoms with Crippen LogP contribution in [0.1, 0.15) is 46.5 Å². The van der Waals surface area contributed by atoms with Crippen molar-refractivity contribution in [3.05, 3.63) is 23.8 Å². The molecule has 32 heavy (non-hydrogen) atoms. The Balaban J connectivity index is 1.74. The minimum Gasteiger partial charge on any atom is -0.390 e. The fourth-order valence-corrected chi connectivity index (χ4v) is 7.68. The van der Waals surface area contributed by atoms with Crippen LogP contribution in [0.4, 0.5) is 4.39 Å². The summed E-state index contributed by atoms with van der Waals surface area (Å²) in [6.07, 6.45) is 3.70. The summed E-state index contributed by atoms with van der Waals surface area (Å²) in [5.74, 6) is -2.87. The first-order chi connectivity index (χ1) is 14.6. The summed E-state index contributed by atoms with van der Waals surface area (Å²) >= 11 is 0. The van der Waals surface area contributed by atoms with Crippen LogP contribution in [-0.4, -0.2) is 55.5 Å². The van der Waals surface area contributed by atoms with Crippen molar-refractivity contribution in [2.45, 2.75) is 63.8 Å². The van der Waals surface area contributed by atoms with E-state index in [0.717, 1.165) is 0 Å². The normalized spacial score (nSPS) is 48.0. The van der Waals surface area contributed by atoms with E-state index >= 15 is 4.39 Å². The predicted molar refractivity (Wildman–Crippen MR) is 111 cm³/mol. The molecule has 8 atom stereocenters. The maximum Gasteiger partial charge on any atom is 0.470 e. The Bertz CT molecular complexity index is 973. The van der Waals surface area contributed by atoms with E-state index in [1.165, 1.54) is 18.2 Å². The van der Waals surface area contributed by atoms with Gasteiger partial charge in [-0.1, -0.05) is 25.5 Å². The largest absolute Gasteiger partial charge is 0.470 e. The first kappa shape index (κ1) is 23.9. The van der Waals surface area contributed by atoms with Crippen LogP contribution in [-0.2, 0) is 18.7 Å². The average Bonchev–Trinajstić information content (AvgIpc) is 2.89. The molecule has 0 saturated heterocycles. The van der Waals surface area contributed by atoms with Crippen LogP contribution in [0.5, 0.6) is 0 Å². The number of Topliss-reactive ketones (excluding diaryl/α,β-unsaturated/α-hetero) is 1. The lowest BCUT2D eigenvalue weighted by atomic mass is 9.44. The van der Waals surface area contributed by atoms with E-state index in [0.29, 0.717) is 24.8 Å². The van der Waals surface area contributed by atoms with Gasteiger partial charge in [0.1, 0.15) is 12.2 Å². The number of rotatable bonds is 4. The Morgan fingerprint density at radius 3 is 2.59 bits per heavy atom. The molecular weight excluding hydrogens is 442 g/mol. The number of ketones is 2. The van der Waals surface area contributed by atoms with Gasteiger partial charge in [0.25, 0.3) is 0 Å². The Kier molecular flexibility index (Phi) is 5.34. The molecule has 4 rings (SSSR count). The lowest BCUT2D eigenvalue weighted by molar-refractivity contribution is -0.219. The summed E-state index contributed by atoms with van der Waals surface area (Å²) in [7, 11) is -4.93. The van der Waals surface area contributed by atoms with Gasteiger partial charge in [0, 0.05) is 16.7 Å². The Morgan fingerprint density at radius 1 is 1.31 bits per heavy atom. The van der Waals surface area contributed by atoms with Gasteiger partial charge in [-0.05, 0) is 56.6 Å². The van der Waals surface area contributed by atoms with E-state index in [2.05, 4.69) is 4.52 Å². The summed E-state index contributed by atoms with van der Waals surface area (Å²) in [5.41, 5.74) is -5.88. The molecule has 178 valence electrons. The standard InChI is InChI=1S/C22H30FO8P/c1-12-8-16-15-5-4-13-9-14(24)6-7-19(13,2)21(15,23)17(25)10-20(16,3)22(12,27)18(26)11-31-32(28,29)30/h6-7,9,12,15-17,25,27H,4-5,8,10-11H2,1-3H3,(H2,28,29,30)/t12-,15-,16-,17+,19-,20-,21-,22-/m0/s1. The van der Waals surface area contributed by atoms with Gasteiger partial charge in [0.05, 0.1) is 6.10 Å². The Labute approximate surface area is 185 Å². The molecule has 4 N–H and O–H groups in total. The number of hydrogen-bond donors (Lipinski definition) is 4. The molecule has 0 aliphatic heterocycles. The number of hydrogen-bond acceptors (Lipinski definition) is 6. The van der Waals surface area contributed by atoms with Crippen LogP contribution < -0.4 is 0 Å². The van der Waals surface area contributed by atoms with E-state index in [4.69, 9.17) is 9.79 Å². The van der Waals surface area contributed by atoms with E-state index < -0.39 is 66.2 Å². The summed E-state index contributed by atoms with van der Waals surface area (Å²) in [6, 6.07) is 0. The van der Waals surface area contributed by atoms with Gasteiger partial charge in [-0.3, -0.25) is 14.1 Å². The highest BCUT2D eigenvalue weighted by Crippen LogP contribution is 2.70. The lowest BCUT2D eigenvalue weighted by Gasteiger charge is -2.62. The summed E-state index contributed by atoms with van der Waals surface area (Å²) in [4.78, 5) is 42.8. The van der Waals surface area contributed by atoms with Crippen molar-refractivity contribution in [2.75, 3.05) is 6.61 Å². The fourth-order valence-electron chi connectivity index (χ4n) is 7.39. The topological polar surface area (TPSA) is 141 Å². The van der Waals surface area contributed by atoms with Crippen LogP contribution in [0.15, 0.2) is 23.8 Å². The molecule has 0 amide bonds. The zero-order valence-electron chi connectivity index (χ0n) is 18.3. The second kappa shape index (κ2) is 7.14. The molecule has 0 bridgehead atoms. The third kappa shape index (κ3) is 2.95. The van der Waals surface area contributed by atoms with Gasteiger partial charge < -0.3 is 20.0 Å². The number of alkyl halides is 1. The monoisotopic (exact) mass is 472 g/mol. The van der Waals surface area contributed by atoms with Crippen molar-refractivity contribution in [2.24, 2.45) is 28.6 Å². The number of fused-ring (bicyclic) bond motifs is 5. The first-order valence-corrected chi connectivity index (χ1v) is 12.4. The summed E-state index contributed by atoms with van der Waals surface area (Å²) in [6.45, 7) is 4.00. The molecule has 3 fully saturated rings. The minimum absolute atomic E-state index is 0.211. The smallest absolute Gasteiger partial charge is 0.390 e. The van der Waals surface area contributed by atoms with Gasteiger partial charge >= 0.3 is 7.82 Å². The Hall–Kier alpha value is -1.22. The fraction of sp³-hybridized carbons (Fsp3) is 0.727. The minimum atomic E-state index is -4.93. The number of phosphoric ester groups is 1. The Morgan fingerprint density at radius 2 is 1.97 bits per heavy atom. The second-order valence-electron chi connectivity index (χ2n) is 10.4. The second-order valence-corrected chi connectivity index (χ2v) is 11.6. The van der Waals surface area contributed by atoms with Crippen LogP contribution in [0, 0.1) is 28.6 Å². The number of carbonyl (C=O) groups is 2. The van der Waals surface area contributed by atoms with Gasteiger partial charge in [-0.15, -0.1) is 0 Å². The third-order valence-corrected chi connectivity index (χ3v) is 9.48. The summed E-state index contributed by atoms with van der Waals surface area (Å²) < 4.78 is 32.5. The van der Waals surface area contributed by atoms with Crippen molar-refractivity contribution >= 4 is 19.4 Å². The number of aliphatic hydroxyl groups is 2. The number of aliphatic hydroxyl groups excluding tert-OH is 1. The maximum absolute atomic E-state index is 17.0. The highest BCUT2D eigenvalue weighted by molar-refractivity contribution is 7.46. The molecule has 0 aromatic rings. The quantitative estimate of drug-likeness (QED) is 0.456. The molecular formula is C22H30FO8P. The highest BCUT2D eigenvalue weighted by Gasteiger charge is 2.75. The molecule has 0 radical (unpaired) electrons. The first-order valence-electron chi connectivity index (χ1n) is 10.9. The third-order valence-electron chi connectivity index (χ3n) is 9.01. The van der Waals surface area contributed by atoms with Gasteiger partial charge in [-0.25, -0.2) is 8.96 Å². The van der Waals surface area contributed by atoms with E-state index in [1.807, 2.05) is 0 Å². The van der Waals surface area contributed by atoms with Crippen LogP contribution in [0.25, 0.3) is 0 Å². The van der Waals surface area contributed by atoms with E-state index in [-0.39, 0.29) is 12.2 Å². The van der Waals surface area contributed by atoms with Crippen molar-refractivity contribution in [3.63, 3.8) is 0 Å². The van der Waals surface area contributed by atoms with Gasteiger partial charge in [0.15, 0.2) is 17.2 Å². The molecule has 10 heteroatoms. The maximum atomic E-state index is 17.0. The van der Waals surface area contributed by atoms with Gasteiger partial charge in [-0.2, -0.15) is 0 Å². The molecule has 0 unspecified atom stereocenters. The van der Waals surface area contributed by atoms with Crippen molar-refractivity contribution in [1.29, 1.82) is 0 Å². The van der Waals surface area contributed by atoms with Crippen molar-refractivity contribution in [1.82, 2.24) is 0 Å². The van der Waals surface area contributed by atoms with Crippen molar-refractivity contribution < 1.29 is 43.1 Å². The van der Waals surface area contributed by atoms with Gasteiger partial charge in [0.2, 0.25) is 0 Å². The van der Waals surface area contributed by atoms with Crippen molar-refractivity contribution in [3.8, 4) is 0 Å². The molecule has 0 spiro atoms. The molecule has 0 aromatic heterocycles. The van der Waals surface area contributed by atoms with Crippen LogP contribution >= 0.6 is 7.82 Å². The number of allylic oxidation sites excluding steroid dienone is 4. The molecule has 0 aromatic carbocycles. The van der Waals surface area contributed by atoms with Crippen LogP contribution in [0.2, 0.25) is 0 Å². The average molecular weight is 472 g/mol. The van der Waals surface area contributed by atoms with Crippen LogP contribution in [0.3, 0.4) is 0 Å². The molecule has 0 heterocycles. The highest BCUT2D eigenvalue weighted by atomic mass is 31.2. The zero-order chi connectivity index (χ0) is 23.9.